The van der Waals surface area contributed by atoms with Crippen molar-refractivity contribution in [2.75, 3.05) is 39.5 Å². The average Bonchev–Trinajstić information content (AvgIpc) is 2.95. The van der Waals surface area contributed by atoms with Gasteiger partial charge in [0.15, 0.2) is 0 Å². The molecule has 0 aromatic rings. The first-order chi connectivity index (χ1) is 12.5. The first kappa shape index (κ1) is 22.0. The molecule has 0 fully saturated rings. The van der Waals surface area contributed by atoms with E-state index >= 15 is 0 Å². The van der Waals surface area contributed by atoms with Gasteiger partial charge in [-0.25, -0.2) is 0 Å². The van der Waals surface area contributed by atoms with Gasteiger partial charge in [0.25, 0.3) is 11.8 Å². The standard InChI is InChI=1S/C18H28N2O6/c1-3-14(2)15(21)7-10-25-12-13-26-11-8-19-16(22)6-9-20-17(23)4-5-18(20)24/h4-5,14H,3,6-13H2,1-2H3,(H,19,22). The number of rotatable bonds is 14. The smallest absolute Gasteiger partial charge is 0.253 e. The highest BCUT2D eigenvalue weighted by Crippen LogP contribution is 2.05. The molecule has 1 N–H and O–H groups in total. The van der Waals surface area contributed by atoms with E-state index in [4.69, 9.17) is 9.47 Å². The van der Waals surface area contributed by atoms with Gasteiger partial charge in [0, 0.05) is 44.0 Å². The number of hydrogen-bond donors (Lipinski definition) is 1. The third kappa shape index (κ3) is 8.35. The number of nitrogens with one attached hydrogen (secondary N) is 1. The monoisotopic (exact) mass is 368 g/mol. The molecule has 0 aromatic heterocycles. The molecule has 0 bridgehead atoms. The Hall–Kier alpha value is -2.06. The Morgan fingerprint density at radius 1 is 1.04 bits per heavy atom. The minimum absolute atomic E-state index is 0.0620. The van der Waals surface area contributed by atoms with Gasteiger partial charge in [-0.05, 0) is 6.42 Å². The SMILES string of the molecule is CCC(C)C(=O)CCOCCOCCNC(=O)CCN1C(=O)C=CC1=O. The van der Waals surface area contributed by atoms with Gasteiger partial charge in [-0.2, -0.15) is 0 Å². The van der Waals surface area contributed by atoms with Crippen molar-refractivity contribution in [3.05, 3.63) is 12.2 Å². The lowest BCUT2D eigenvalue weighted by Gasteiger charge is -2.13. The van der Waals surface area contributed by atoms with Gasteiger partial charge < -0.3 is 14.8 Å². The summed E-state index contributed by atoms with van der Waals surface area (Å²) in [5.74, 6) is -0.740. The van der Waals surface area contributed by atoms with E-state index in [1.807, 2.05) is 13.8 Å². The molecule has 146 valence electrons. The molecular weight excluding hydrogens is 340 g/mol. The molecule has 0 spiro atoms. The Labute approximate surface area is 153 Å². The third-order valence-corrected chi connectivity index (χ3v) is 4.06. The van der Waals surface area contributed by atoms with Gasteiger partial charge in [-0.1, -0.05) is 13.8 Å². The summed E-state index contributed by atoms with van der Waals surface area (Å²) in [5, 5.41) is 2.65. The molecule has 0 radical (unpaired) electrons. The lowest BCUT2D eigenvalue weighted by molar-refractivity contribution is -0.137. The fraction of sp³-hybridized carbons (Fsp3) is 0.667. The van der Waals surface area contributed by atoms with Crippen molar-refractivity contribution in [3.63, 3.8) is 0 Å². The van der Waals surface area contributed by atoms with E-state index in [-0.39, 0.29) is 30.6 Å². The van der Waals surface area contributed by atoms with E-state index in [1.165, 1.54) is 12.2 Å². The Morgan fingerprint density at radius 3 is 2.27 bits per heavy atom. The molecule has 1 unspecified atom stereocenters. The molecule has 1 aliphatic rings. The first-order valence-electron chi connectivity index (χ1n) is 8.94. The van der Waals surface area contributed by atoms with Crippen LogP contribution in [0.15, 0.2) is 12.2 Å². The maximum absolute atomic E-state index is 11.6. The summed E-state index contributed by atoms with van der Waals surface area (Å²) >= 11 is 0. The molecular formula is C18H28N2O6. The highest BCUT2D eigenvalue weighted by Gasteiger charge is 2.23. The van der Waals surface area contributed by atoms with Crippen molar-refractivity contribution < 1.29 is 28.7 Å². The summed E-state index contributed by atoms with van der Waals surface area (Å²) in [7, 11) is 0. The Kier molecular flexibility index (Phi) is 10.4. The lowest BCUT2D eigenvalue weighted by atomic mass is 10.0. The zero-order valence-corrected chi connectivity index (χ0v) is 15.5. The minimum atomic E-state index is -0.392. The maximum Gasteiger partial charge on any atom is 0.253 e. The number of nitrogens with zero attached hydrogens (tertiary/aromatic N) is 1. The highest BCUT2D eigenvalue weighted by atomic mass is 16.5. The van der Waals surface area contributed by atoms with E-state index in [9.17, 15) is 19.2 Å². The number of carbonyl (C=O) groups is 4. The molecule has 0 aromatic carbocycles. The number of ether oxygens (including phenoxy) is 2. The predicted molar refractivity (Wildman–Crippen MR) is 94.2 cm³/mol. The predicted octanol–water partition coefficient (Wildman–Crippen LogP) is 0.456. The van der Waals surface area contributed by atoms with E-state index in [0.29, 0.717) is 39.4 Å². The molecule has 1 rings (SSSR count). The Morgan fingerprint density at radius 2 is 1.65 bits per heavy atom. The zero-order valence-electron chi connectivity index (χ0n) is 15.5. The lowest BCUT2D eigenvalue weighted by Crippen LogP contribution is -2.35. The quantitative estimate of drug-likeness (QED) is 0.353. The third-order valence-electron chi connectivity index (χ3n) is 4.06. The summed E-state index contributed by atoms with van der Waals surface area (Å²) in [6.07, 6.45) is 3.71. The average molecular weight is 368 g/mol. The van der Waals surface area contributed by atoms with Crippen molar-refractivity contribution in [2.45, 2.75) is 33.1 Å². The summed E-state index contributed by atoms with van der Waals surface area (Å²) in [4.78, 5) is 46.9. The van der Waals surface area contributed by atoms with Crippen molar-refractivity contribution in [3.8, 4) is 0 Å². The summed E-state index contributed by atoms with van der Waals surface area (Å²) in [6, 6.07) is 0. The molecule has 0 aliphatic carbocycles. The molecule has 8 nitrogen and oxygen atoms in total. The number of carbonyl (C=O) groups excluding carboxylic acids is 4. The Bertz CT molecular complexity index is 514. The molecule has 8 heteroatoms. The fourth-order valence-electron chi connectivity index (χ4n) is 2.18. The van der Waals surface area contributed by atoms with Crippen LogP contribution in [0, 0.1) is 5.92 Å². The molecule has 3 amide bonds. The van der Waals surface area contributed by atoms with E-state index in [0.717, 1.165) is 11.3 Å². The molecule has 0 saturated carbocycles. The molecule has 26 heavy (non-hydrogen) atoms. The van der Waals surface area contributed by atoms with Gasteiger partial charge in [0.1, 0.15) is 5.78 Å². The fourth-order valence-corrected chi connectivity index (χ4v) is 2.18. The van der Waals surface area contributed by atoms with Gasteiger partial charge >= 0.3 is 0 Å². The van der Waals surface area contributed by atoms with Gasteiger partial charge in [-0.15, -0.1) is 0 Å². The van der Waals surface area contributed by atoms with Crippen LogP contribution in [-0.2, 0) is 28.7 Å². The van der Waals surface area contributed by atoms with Crippen molar-refractivity contribution in [2.24, 2.45) is 5.92 Å². The molecule has 0 saturated heterocycles. The number of Topliss-reactive ketones (excluding diaryl/α,β-unsaturated/α-hetero) is 1. The van der Waals surface area contributed by atoms with Crippen LogP contribution in [0.2, 0.25) is 0 Å². The van der Waals surface area contributed by atoms with Crippen molar-refractivity contribution in [1.29, 1.82) is 0 Å². The number of ketones is 1. The van der Waals surface area contributed by atoms with Crippen LogP contribution in [0.25, 0.3) is 0 Å². The summed E-state index contributed by atoms with van der Waals surface area (Å²) in [5.41, 5.74) is 0. The van der Waals surface area contributed by atoms with Crippen LogP contribution >= 0.6 is 0 Å². The first-order valence-corrected chi connectivity index (χ1v) is 8.94. The normalized spacial score (nSPS) is 14.8. The Balaban J connectivity index is 1.92. The van der Waals surface area contributed by atoms with Crippen LogP contribution in [-0.4, -0.2) is 67.9 Å². The van der Waals surface area contributed by atoms with Crippen LogP contribution < -0.4 is 5.32 Å². The number of imide groups is 1. The van der Waals surface area contributed by atoms with Crippen molar-refractivity contribution in [1.82, 2.24) is 10.2 Å². The minimum Gasteiger partial charge on any atom is -0.379 e. The maximum atomic E-state index is 11.6. The molecule has 1 heterocycles. The number of hydrogen-bond acceptors (Lipinski definition) is 6. The van der Waals surface area contributed by atoms with E-state index in [1.54, 1.807) is 0 Å². The van der Waals surface area contributed by atoms with Crippen LogP contribution in [0.1, 0.15) is 33.1 Å². The van der Waals surface area contributed by atoms with Crippen LogP contribution in [0.4, 0.5) is 0 Å². The van der Waals surface area contributed by atoms with Gasteiger partial charge in [0.05, 0.1) is 26.4 Å². The second-order valence-electron chi connectivity index (χ2n) is 6.01. The van der Waals surface area contributed by atoms with Gasteiger partial charge in [-0.3, -0.25) is 24.1 Å². The molecule has 1 atom stereocenters. The number of amides is 3. The van der Waals surface area contributed by atoms with Gasteiger partial charge in [0.2, 0.25) is 5.91 Å². The summed E-state index contributed by atoms with van der Waals surface area (Å²) < 4.78 is 10.7. The van der Waals surface area contributed by atoms with Crippen LogP contribution in [0.5, 0.6) is 0 Å². The zero-order chi connectivity index (χ0) is 19.4. The second-order valence-corrected chi connectivity index (χ2v) is 6.01. The highest BCUT2D eigenvalue weighted by molar-refractivity contribution is 6.13. The van der Waals surface area contributed by atoms with E-state index in [2.05, 4.69) is 5.32 Å². The van der Waals surface area contributed by atoms with Crippen molar-refractivity contribution >= 4 is 23.5 Å². The summed E-state index contributed by atoms with van der Waals surface area (Å²) in [6.45, 7) is 5.82. The van der Waals surface area contributed by atoms with E-state index < -0.39 is 11.8 Å². The topological polar surface area (TPSA) is 102 Å². The van der Waals surface area contributed by atoms with Crippen LogP contribution in [0.3, 0.4) is 0 Å². The molecule has 1 aliphatic heterocycles. The largest absolute Gasteiger partial charge is 0.379 e. The second kappa shape index (κ2) is 12.3.